The van der Waals surface area contributed by atoms with Gasteiger partial charge in [-0.25, -0.2) is 0 Å². The zero-order valence-electron chi connectivity index (χ0n) is 12.1. The third kappa shape index (κ3) is 3.78. The second-order valence-electron chi connectivity index (χ2n) is 5.38. The Morgan fingerprint density at radius 2 is 2.05 bits per heavy atom. The molecular formula is C16H18N2O3. The Hall–Kier alpha value is -2.43. The van der Waals surface area contributed by atoms with Gasteiger partial charge in [0.05, 0.1) is 5.52 Å². The Morgan fingerprint density at radius 1 is 1.29 bits per heavy atom. The van der Waals surface area contributed by atoms with Crippen LogP contribution in [0.3, 0.4) is 0 Å². The lowest BCUT2D eigenvalue weighted by Gasteiger charge is -2.22. The Balaban J connectivity index is 2.30. The van der Waals surface area contributed by atoms with Crippen molar-refractivity contribution in [2.75, 3.05) is 13.1 Å². The van der Waals surface area contributed by atoms with Crippen molar-refractivity contribution < 1.29 is 14.7 Å². The van der Waals surface area contributed by atoms with Crippen LogP contribution in [0.5, 0.6) is 0 Å². The summed E-state index contributed by atoms with van der Waals surface area (Å²) in [5, 5.41) is 9.82. The molecule has 0 spiro atoms. The first-order valence-corrected chi connectivity index (χ1v) is 6.83. The van der Waals surface area contributed by atoms with E-state index in [4.69, 9.17) is 5.11 Å². The van der Waals surface area contributed by atoms with Crippen LogP contribution in [0.15, 0.2) is 36.5 Å². The summed E-state index contributed by atoms with van der Waals surface area (Å²) in [7, 11) is 0. The third-order valence-corrected chi connectivity index (χ3v) is 3.05. The van der Waals surface area contributed by atoms with Gasteiger partial charge in [0.15, 0.2) is 0 Å². The molecular weight excluding hydrogens is 268 g/mol. The maximum absolute atomic E-state index is 12.5. The Labute approximate surface area is 123 Å². The molecule has 0 saturated heterocycles. The number of benzene rings is 1. The highest BCUT2D eigenvalue weighted by atomic mass is 16.4. The number of carbonyl (C=O) groups excluding carboxylic acids is 1. The number of rotatable bonds is 5. The molecule has 0 aliphatic carbocycles. The van der Waals surface area contributed by atoms with E-state index < -0.39 is 5.97 Å². The molecule has 1 heterocycles. The van der Waals surface area contributed by atoms with Gasteiger partial charge in [-0.05, 0) is 30.2 Å². The summed E-state index contributed by atoms with van der Waals surface area (Å²) < 4.78 is 0. The SMILES string of the molecule is CC(C)CN(CC(=O)O)C(=O)c1ccc2ncccc2c1. The van der Waals surface area contributed by atoms with Gasteiger partial charge in [-0.3, -0.25) is 14.6 Å². The molecule has 21 heavy (non-hydrogen) atoms. The number of amides is 1. The number of carboxylic acid groups (broad SMARTS) is 1. The first-order chi connectivity index (χ1) is 9.97. The van der Waals surface area contributed by atoms with E-state index in [2.05, 4.69) is 4.98 Å². The van der Waals surface area contributed by atoms with Crippen LogP contribution in [0, 0.1) is 5.92 Å². The normalized spacial score (nSPS) is 10.8. The Kier molecular flexibility index (Phi) is 4.52. The summed E-state index contributed by atoms with van der Waals surface area (Å²) in [4.78, 5) is 29.0. The predicted molar refractivity (Wildman–Crippen MR) is 80.1 cm³/mol. The van der Waals surface area contributed by atoms with Gasteiger partial charge >= 0.3 is 5.97 Å². The van der Waals surface area contributed by atoms with Crippen LogP contribution in [0.25, 0.3) is 10.9 Å². The Bertz CT molecular complexity index is 667. The number of aromatic nitrogens is 1. The zero-order valence-corrected chi connectivity index (χ0v) is 12.1. The summed E-state index contributed by atoms with van der Waals surface area (Å²) in [6.45, 7) is 4.02. The number of carbonyl (C=O) groups is 2. The molecule has 110 valence electrons. The number of hydrogen-bond acceptors (Lipinski definition) is 3. The van der Waals surface area contributed by atoms with E-state index >= 15 is 0 Å². The van der Waals surface area contributed by atoms with Gasteiger partial charge in [0.25, 0.3) is 5.91 Å². The van der Waals surface area contributed by atoms with Crippen LogP contribution >= 0.6 is 0 Å². The van der Waals surface area contributed by atoms with E-state index in [1.807, 2.05) is 19.9 Å². The largest absolute Gasteiger partial charge is 0.480 e. The second-order valence-corrected chi connectivity index (χ2v) is 5.38. The summed E-state index contributed by atoms with van der Waals surface area (Å²) in [6, 6.07) is 8.90. The van der Waals surface area contributed by atoms with Crippen molar-refractivity contribution in [2.24, 2.45) is 5.92 Å². The highest BCUT2D eigenvalue weighted by Crippen LogP contribution is 2.15. The van der Waals surface area contributed by atoms with E-state index in [1.165, 1.54) is 4.90 Å². The fourth-order valence-electron chi connectivity index (χ4n) is 2.21. The number of carboxylic acids is 1. The lowest BCUT2D eigenvalue weighted by atomic mass is 10.1. The van der Waals surface area contributed by atoms with Crippen molar-refractivity contribution in [3.63, 3.8) is 0 Å². The number of fused-ring (bicyclic) bond motifs is 1. The van der Waals surface area contributed by atoms with Gasteiger partial charge < -0.3 is 10.0 Å². The molecule has 1 aromatic heterocycles. The fourth-order valence-corrected chi connectivity index (χ4v) is 2.21. The lowest BCUT2D eigenvalue weighted by molar-refractivity contribution is -0.137. The van der Waals surface area contributed by atoms with E-state index in [0.29, 0.717) is 12.1 Å². The molecule has 0 saturated carbocycles. The van der Waals surface area contributed by atoms with E-state index in [1.54, 1.807) is 30.5 Å². The molecule has 1 amide bonds. The number of aliphatic carboxylic acids is 1. The van der Waals surface area contributed by atoms with Crippen LogP contribution in [0.4, 0.5) is 0 Å². The van der Waals surface area contributed by atoms with Crippen molar-refractivity contribution in [3.05, 3.63) is 42.1 Å². The Morgan fingerprint density at radius 3 is 2.71 bits per heavy atom. The fraction of sp³-hybridized carbons (Fsp3) is 0.312. The summed E-state index contributed by atoms with van der Waals surface area (Å²) in [5.41, 5.74) is 1.29. The minimum Gasteiger partial charge on any atom is -0.480 e. The predicted octanol–water partition coefficient (Wildman–Crippen LogP) is 2.42. The first-order valence-electron chi connectivity index (χ1n) is 6.83. The molecule has 0 bridgehead atoms. The second kappa shape index (κ2) is 6.35. The van der Waals surface area contributed by atoms with Gasteiger partial charge in [0.2, 0.25) is 0 Å². The van der Waals surface area contributed by atoms with Crippen LogP contribution in [0.2, 0.25) is 0 Å². The molecule has 2 aromatic rings. The molecule has 0 fully saturated rings. The molecule has 5 nitrogen and oxygen atoms in total. The average molecular weight is 286 g/mol. The van der Waals surface area contributed by atoms with Gasteiger partial charge in [-0.2, -0.15) is 0 Å². The molecule has 0 radical (unpaired) electrons. The minimum absolute atomic E-state index is 0.204. The van der Waals surface area contributed by atoms with E-state index in [0.717, 1.165) is 10.9 Å². The van der Waals surface area contributed by atoms with Gasteiger partial charge in [0, 0.05) is 23.7 Å². The van der Waals surface area contributed by atoms with Gasteiger partial charge in [0.1, 0.15) is 6.54 Å². The van der Waals surface area contributed by atoms with Crippen molar-refractivity contribution in [3.8, 4) is 0 Å². The van der Waals surface area contributed by atoms with Crippen molar-refractivity contribution in [1.82, 2.24) is 9.88 Å². The maximum atomic E-state index is 12.5. The standard InChI is InChI=1S/C16H18N2O3/c1-11(2)9-18(10-15(19)20)16(21)13-5-6-14-12(8-13)4-3-7-17-14/h3-8,11H,9-10H2,1-2H3,(H,19,20). The molecule has 0 atom stereocenters. The number of pyridine rings is 1. The molecule has 0 unspecified atom stereocenters. The molecule has 1 aromatic carbocycles. The van der Waals surface area contributed by atoms with Crippen LogP contribution in [-0.2, 0) is 4.79 Å². The zero-order chi connectivity index (χ0) is 15.4. The number of nitrogens with zero attached hydrogens (tertiary/aromatic N) is 2. The van der Waals surface area contributed by atoms with Gasteiger partial charge in [-0.1, -0.05) is 19.9 Å². The van der Waals surface area contributed by atoms with Crippen molar-refractivity contribution in [2.45, 2.75) is 13.8 Å². The van der Waals surface area contributed by atoms with Crippen LogP contribution in [-0.4, -0.2) is 40.0 Å². The number of hydrogen-bond donors (Lipinski definition) is 1. The summed E-state index contributed by atoms with van der Waals surface area (Å²) in [6.07, 6.45) is 1.69. The summed E-state index contributed by atoms with van der Waals surface area (Å²) in [5.74, 6) is -1.07. The van der Waals surface area contributed by atoms with E-state index in [-0.39, 0.29) is 18.4 Å². The van der Waals surface area contributed by atoms with Gasteiger partial charge in [-0.15, -0.1) is 0 Å². The highest BCUT2D eigenvalue weighted by Gasteiger charge is 2.19. The summed E-state index contributed by atoms with van der Waals surface area (Å²) >= 11 is 0. The maximum Gasteiger partial charge on any atom is 0.323 e. The van der Waals surface area contributed by atoms with Crippen LogP contribution < -0.4 is 0 Å². The average Bonchev–Trinajstić information content (AvgIpc) is 2.44. The molecule has 0 aliphatic heterocycles. The molecule has 5 heteroatoms. The van der Waals surface area contributed by atoms with Crippen LogP contribution in [0.1, 0.15) is 24.2 Å². The molecule has 2 rings (SSSR count). The van der Waals surface area contributed by atoms with Crippen molar-refractivity contribution in [1.29, 1.82) is 0 Å². The molecule has 0 aliphatic rings. The monoisotopic (exact) mass is 286 g/mol. The smallest absolute Gasteiger partial charge is 0.323 e. The quantitative estimate of drug-likeness (QED) is 0.916. The third-order valence-electron chi connectivity index (χ3n) is 3.05. The van der Waals surface area contributed by atoms with E-state index in [9.17, 15) is 9.59 Å². The highest BCUT2D eigenvalue weighted by molar-refractivity contribution is 5.99. The topological polar surface area (TPSA) is 70.5 Å². The minimum atomic E-state index is -1.01. The molecule has 1 N–H and O–H groups in total. The lowest BCUT2D eigenvalue weighted by Crippen LogP contribution is -2.38. The first kappa shape index (κ1) is 15.0. The van der Waals surface area contributed by atoms with Crippen molar-refractivity contribution >= 4 is 22.8 Å².